The zero-order valence-corrected chi connectivity index (χ0v) is 10.4. The molecule has 0 radical (unpaired) electrons. The van der Waals surface area contributed by atoms with Crippen molar-refractivity contribution in [3.63, 3.8) is 0 Å². The molecule has 0 saturated heterocycles. The number of hydrogen-bond donors (Lipinski definition) is 1. The average molecular weight is 221 g/mol. The first-order valence-electron chi connectivity index (χ1n) is 6.10. The summed E-state index contributed by atoms with van der Waals surface area (Å²) in [6.45, 7) is 5.82. The maximum Gasteiger partial charge on any atom is 0.0947 e. The summed E-state index contributed by atoms with van der Waals surface area (Å²) >= 11 is 0. The van der Waals surface area contributed by atoms with E-state index in [0.29, 0.717) is 6.54 Å². The van der Waals surface area contributed by atoms with Crippen molar-refractivity contribution in [2.24, 2.45) is 11.7 Å². The van der Waals surface area contributed by atoms with Gasteiger partial charge in [-0.1, -0.05) is 44.2 Å². The lowest BCUT2D eigenvalue weighted by Crippen LogP contribution is -2.16. The third-order valence-corrected chi connectivity index (χ3v) is 2.63. The largest absolute Gasteiger partial charge is 0.372 e. The molecule has 2 heteroatoms. The molecular formula is C14H23NO. The van der Waals surface area contributed by atoms with E-state index in [-0.39, 0.29) is 6.10 Å². The van der Waals surface area contributed by atoms with Crippen molar-refractivity contribution in [1.29, 1.82) is 0 Å². The first kappa shape index (κ1) is 13.2. The molecule has 1 rings (SSSR count). The smallest absolute Gasteiger partial charge is 0.0947 e. The third-order valence-electron chi connectivity index (χ3n) is 2.63. The summed E-state index contributed by atoms with van der Waals surface area (Å²) in [5.74, 6) is 0.747. The predicted octanol–water partition coefficient (Wildman–Crippen LogP) is 3.14. The van der Waals surface area contributed by atoms with Gasteiger partial charge in [0.2, 0.25) is 0 Å². The van der Waals surface area contributed by atoms with E-state index in [2.05, 4.69) is 26.0 Å². The van der Waals surface area contributed by atoms with Crippen molar-refractivity contribution >= 4 is 0 Å². The van der Waals surface area contributed by atoms with E-state index in [1.807, 2.05) is 18.2 Å². The highest BCUT2D eigenvalue weighted by Gasteiger charge is 2.08. The molecule has 16 heavy (non-hydrogen) atoms. The monoisotopic (exact) mass is 221 g/mol. The lowest BCUT2D eigenvalue weighted by molar-refractivity contribution is 0.0546. The van der Waals surface area contributed by atoms with Crippen LogP contribution < -0.4 is 5.73 Å². The number of benzene rings is 1. The molecule has 0 fully saturated rings. The van der Waals surface area contributed by atoms with Gasteiger partial charge < -0.3 is 10.5 Å². The molecule has 1 aromatic rings. The minimum Gasteiger partial charge on any atom is -0.372 e. The third kappa shape index (κ3) is 4.77. The van der Waals surface area contributed by atoms with E-state index in [4.69, 9.17) is 10.5 Å². The van der Waals surface area contributed by atoms with Crippen molar-refractivity contribution in [2.75, 3.05) is 13.2 Å². The summed E-state index contributed by atoms with van der Waals surface area (Å²) in [6.07, 6.45) is 2.38. The Kier molecular flexibility index (Phi) is 6.12. The molecular weight excluding hydrogens is 198 g/mol. The average Bonchev–Trinajstić information content (AvgIpc) is 2.30. The Morgan fingerprint density at radius 3 is 2.44 bits per heavy atom. The minimum atomic E-state index is 0.0494. The van der Waals surface area contributed by atoms with Crippen LogP contribution in [0.3, 0.4) is 0 Å². The fourth-order valence-corrected chi connectivity index (χ4v) is 1.69. The normalized spacial score (nSPS) is 13.0. The van der Waals surface area contributed by atoms with Gasteiger partial charge in [0.1, 0.15) is 0 Å². The Balaban J connectivity index is 2.33. The molecule has 2 nitrogen and oxygen atoms in total. The van der Waals surface area contributed by atoms with E-state index in [0.717, 1.165) is 18.9 Å². The Morgan fingerprint density at radius 1 is 1.19 bits per heavy atom. The maximum absolute atomic E-state index is 5.80. The van der Waals surface area contributed by atoms with Crippen molar-refractivity contribution in [3.8, 4) is 0 Å². The zero-order valence-electron chi connectivity index (χ0n) is 10.4. The zero-order chi connectivity index (χ0) is 11.8. The number of nitrogens with two attached hydrogens (primary N) is 1. The lowest BCUT2D eigenvalue weighted by atomic mass is 10.1. The van der Waals surface area contributed by atoms with Gasteiger partial charge in [-0.3, -0.25) is 0 Å². The molecule has 2 N–H and O–H groups in total. The molecule has 0 amide bonds. The van der Waals surface area contributed by atoms with Gasteiger partial charge in [-0.2, -0.15) is 0 Å². The van der Waals surface area contributed by atoms with Crippen molar-refractivity contribution in [2.45, 2.75) is 32.8 Å². The molecule has 0 spiro atoms. The van der Waals surface area contributed by atoms with Gasteiger partial charge >= 0.3 is 0 Å². The second kappa shape index (κ2) is 7.42. The molecule has 0 aliphatic heterocycles. The first-order chi connectivity index (χ1) is 7.74. The summed E-state index contributed by atoms with van der Waals surface area (Å²) in [5.41, 5.74) is 6.90. The Hall–Kier alpha value is -0.860. The highest BCUT2D eigenvalue weighted by molar-refractivity contribution is 5.17. The molecule has 0 heterocycles. The number of ether oxygens (including phenoxy) is 1. The van der Waals surface area contributed by atoms with Gasteiger partial charge in [0.05, 0.1) is 6.10 Å². The standard InChI is InChI=1S/C14H23NO/c1-12(2)7-6-10-16-14(11-15)13-8-4-3-5-9-13/h3-5,8-9,12,14H,6-7,10-11,15H2,1-2H3. The lowest BCUT2D eigenvalue weighted by Gasteiger charge is -2.16. The van der Waals surface area contributed by atoms with Crippen LogP contribution in [0.4, 0.5) is 0 Å². The van der Waals surface area contributed by atoms with Gasteiger partial charge in [-0.05, 0) is 24.3 Å². The summed E-state index contributed by atoms with van der Waals surface area (Å²) in [4.78, 5) is 0. The van der Waals surface area contributed by atoms with E-state index in [1.165, 1.54) is 12.0 Å². The molecule has 90 valence electrons. The van der Waals surface area contributed by atoms with Crippen LogP contribution in [0.1, 0.15) is 38.4 Å². The van der Waals surface area contributed by atoms with Gasteiger partial charge in [-0.25, -0.2) is 0 Å². The molecule has 0 aliphatic carbocycles. The number of hydrogen-bond acceptors (Lipinski definition) is 2. The van der Waals surface area contributed by atoms with E-state index >= 15 is 0 Å². The fraction of sp³-hybridized carbons (Fsp3) is 0.571. The van der Waals surface area contributed by atoms with Gasteiger partial charge in [0.15, 0.2) is 0 Å². The van der Waals surface area contributed by atoms with Crippen LogP contribution in [-0.2, 0) is 4.74 Å². The molecule has 0 saturated carbocycles. The van der Waals surface area contributed by atoms with E-state index in [9.17, 15) is 0 Å². The highest BCUT2D eigenvalue weighted by Crippen LogP contribution is 2.16. The van der Waals surface area contributed by atoms with E-state index < -0.39 is 0 Å². The summed E-state index contributed by atoms with van der Waals surface area (Å²) in [7, 11) is 0. The minimum absolute atomic E-state index is 0.0494. The summed E-state index contributed by atoms with van der Waals surface area (Å²) in [5, 5.41) is 0. The Labute approximate surface area is 98.8 Å². The van der Waals surface area contributed by atoms with Crippen LogP contribution in [0.25, 0.3) is 0 Å². The fourth-order valence-electron chi connectivity index (χ4n) is 1.69. The Morgan fingerprint density at radius 2 is 1.88 bits per heavy atom. The summed E-state index contributed by atoms with van der Waals surface area (Å²) < 4.78 is 5.80. The van der Waals surface area contributed by atoms with Crippen LogP contribution in [0.2, 0.25) is 0 Å². The molecule has 0 bridgehead atoms. The van der Waals surface area contributed by atoms with E-state index in [1.54, 1.807) is 0 Å². The number of rotatable bonds is 7. The summed E-state index contributed by atoms with van der Waals surface area (Å²) in [6, 6.07) is 10.2. The highest BCUT2D eigenvalue weighted by atomic mass is 16.5. The van der Waals surface area contributed by atoms with Crippen LogP contribution in [0, 0.1) is 5.92 Å². The molecule has 0 aromatic heterocycles. The van der Waals surface area contributed by atoms with Crippen molar-refractivity contribution < 1.29 is 4.74 Å². The molecule has 1 aromatic carbocycles. The molecule has 0 aliphatic rings. The maximum atomic E-state index is 5.80. The van der Waals surface area contributed by atoms with Crippen LogP contribution >= 0.6 is 0 Å². The molecule has 1 atom stereocenters. The van der Waals surface area contributed by atoms with Crippen molar-refractivity contribution in [3.05, 3.63) is 35.9 Å². The second-order valence-electron chi connectivity index (χ2n) is 4.54. The quantitative estimate of drug-likeness (QED) is 0.718. The Bertz CT molecular complexity index is 271. The van der Waals surface area contributed by atoms with Crippen LogP contribution in [0.15, 0.2) is 30.3 Å². The molecule has 1 unspecified atom stereocenters. The first-order valence-corrected chi connectivity index (χ1v) is 6.10. The SMILES string of the molecule is CC(C)CCCOC(CN)c1ccccc1. The van der Waals surface area contributed by atoms with Gasteiger partial charge in [-0.15, -0.1) is 0 Å². The van der Waals surface area contributed by atoms with Gasteiger partial charge in [0, 0.05) is 13.2 Å². The topological polar surface area (TPSA) is 35.2 Å². The predicted molar refractivity (Wildman–Crippen MR) is 68.3 cm³/mol. The van der Waals surface area contributed by atoms with Crippen LogP contribution in [-0.4, -0.2) is 13.2 Å². The van der Waals surface area contributed by atoms with Gasteiger partial charge in [0.25, 0.3) is 0 Å². The second-order valence-corrected chi connectivity index (χ2v) is 4.54. The van der Waals surface area contributed by atoms with Crippen molar-refractivity contribution in [1.82, 2.24) is 0 Å². The van der Waals surface area contributed by atoms with Crippen LogP contribution in [0.5, 0.6) is 0 Å².